The molecular formula is C15H21BrN2O2. The molecule has 1 unspecified atom stereocenters. The van der Waals surface area contributed by atoms with Gasteiger partial charge in [0.1, 0.15) is 11.8 Å². The molecule has 0 aliphatic rings. The lowest BCUT2D eigenvalue weighted by Gasteiger charge is -2.18. The summed E-state index contributed by atoms with van der Waals surface area (Å²) in [6.45, 7) is 6.05. The number of hydrogen-bond donors (Lipinski definition) is 1. The maximum absolute atomic E-state index is 9.05. The van der Waals surface area contributed by atoms with Gasteiger partial charge in [-0.25, -0.2) is 0 Å². The molecule has 110 valence electrons. The minimum absolute atomic E-state index is 0.410. The summed E-state index contributed by atoms with van der Waals surface area (Å²) >= 11 is 3.50. The molecule has 1 rings (SSSR count). The molecule has 0 saturated carbocycles. The SMILES string of the molecule is CCC(C#N)Oc1c(C)cc(Br)cc1CNCCOC. The van der Waals surface area contributed by atoms with Crippen LogP contribution in [0.25, 0.3) is 0 Å². The standard InChI is InChI=1S/C15H21BrN2O2/c1-4-14(9-17)20-15-11(2)7-13(16)8-12(15)10-18-5-6-19-3/h7-8,14,18H,4-6,10H2,1-3H3. The molecule has 1 aromatic rings. The molecule has 0 saturated heterocycles. The normalized spacial score (nSPS) is 11.9. The van der Waals surface area contributed by atoms with Crippen molar-refractivity contribution >= 4 is 15.9 Å². The molecule has 20 heavy (non-hydrogen) atoms. The number of nitriles is 1. The Labute approximate surface area is 129 Å². The second-order valence-corrected chi connectivity index (χ2v) is 5.44. The second-order valence-electron chi connectivity index (χ2n) is 4.52. The van der Waals surface area contributed by atoms with Crippen molar-refractivity contribution in [1.29, 1.82) is 5.26 Å². The van der Waals surface area contributed by atoms with Crippen molar-refractivity contribution in [3.05, 3.63) is 27.7 Å². The van der Waals surface area contributed by atoms with Gasteiger partial charge in [0.15, 0.2) is 6.10 Å². The van der Waals surface area contributed by atoms with E-state index < -0.39 is 6.10 Å². The van der Waals surface area contributed by atoms with E-state index in [1.54, 1.807) is 7.11 Å². The molecule has 1 atom stereocenters. The molecule has 5 heteroatoms. The van der Waals surface area contributed by atoms with Crippen molar-refractivity contribution < 1.29 is 9.47 Å². The summed E-state index contributed by atoms with van der Waals surface area (Å²) < 4.78 is 11.9. The van der Waals surface area contributed by atoms with Crippen LogP contribution in [0.5, 0.6) is 5.75 Å². The van der Waals surface area contributed by atoms with Crippen LogP contribution in [0.15, 0.2) is 16.6 Å². The van der Waals surface area contributed by atoms with Crippen LogP contribution in [-0.2, 0) is 11.3 Å². The van der Waals surface area contributed by atoms with Gasteiger partial charge in [0.2, 0.25) is 0 Å². The third kappa shape index (κ3) is 5.12. The molecule has 0 aliphatic heterocycles. The van der Waals surface area contributed by atoms with Crippen molar-refractivity contribution in [2.24, 2.45) is 0 Å². The van der Waals surface area contributed by atoms with Crippen LogP contribution < -0.4 is 10.1 Å². The zero-order valence-electron chi connectivity index (χ0n) is 12.2. The summed E-state index contributed by atoms with van der Waals surface area (Å²) in [4.78, 5) is 0. The van der Waals surface area contributed by atoms with Crippen LogP contribution in [0.4, 0.5) is 0 Å². The van der Waals surface area contributed by atoms with E-state index in [4.69, 9.17) is 14.7 Å². The van der Waals surface area contributed by atoms with E-state index in [1.165, 1.54) is 0 Å². The van der Waals surface area contributed by atoms with Crippen molar-refractivity contribution in [2.45, 2.75) is 32.9 Å². The molecule has 0 aromatic heterocycles. The van der Waals surface area contributed by atoms with Crippen molar-refractivity contribution in [3.8, 4) is 11.8 Å². The fourth-order valence-electron chi connectivity index (χ4n) is 1.84. The van der Waals surface area contributed by atoms with Crippen LogP contribution in [-0.4, -0.2) is 26.4 Å². The van der Waals surface area contributed by atoms with Gasteiger partial charge in [-0.05, 0) is 31.0 Å². The van der Waals surface area contributed by atoms with Crippen LogP contribution in [0.2, 0.25) is 0 Å². The summed E-state index contributed by atoms with van der Waals surface area (Å²) in [7, 11) is 1.68. The number of benzene rings is 1. The van der Waals surface area contributed by atoms with Crippen LogP contribution in [0, 0.1) is 18.3 Å². The average molecular weight is 341 g/mol. The molecule has 0 radical (unpaired) electrons. The van der Waals surface area contributed by atoms with E-state index in [2.05, 4.69) is 27.3 Å². The molecular weight excluding hydrogens is 320 g/mol. The summed E-state index contributed by atoms with van der Waals surface area (Å²) in [5.74, 6) is 0.798. The first-order chi connectivity index (χ1) is 9.62. The molecule has 4 nitrogen and oxygen atoms in total. The van der Waals surface area contributed by atoms with Gasteiger partial charge in [0.05, 0.1) is 6.61 Å². The fourth-order valence-corrected chi connectivity index (χ4v) is 2.46. The highest BCUT2D eigenvalue weighted by atomic mass is 79.9. The first-order valence-corrected chi connectivity index (χ1v) is 7.46. The van der Waals surface area contributed by atoms with Gasteiger partial charge in [-0.2, -0.15) is 5.26 Å². The summed E-state index contributed by atoms with van der Waals surface area (Å²) in [6.07, 6.45) is 0.260. The Balaban J connectivity index is 2.87. The number of methoxy groups -OCH3 is 1. The topological polar surface area (TPSA) is 54.3 Å². The number of ether oxygens (including phenoxy) is 2. The molecule has 0 spiro atoms. The number of halogens is 1. The molecule has 0 aliphatic carbocycles. The maximum atomic E-state index is 9.05. The third-order valence-corrected chi connectivity index (χ3v) is 3.35. The van der Waals surface area contributed by atoms with E-state index in [-0.39, 0.29) is 0 Å². The molecule has 1 N–H and O–H groups in total. The quantitative estimate of drug-likeness (QED) is 0.738. The summed E-state index contributed by atoms with van der Waals surface area (Å²) in [6, 6.07) is 6.19. The minimum atomic E-state index is -0.410. The van der Waals surface area contributed by atoms with Gasteiger partial charge in [-0.3, -0.25) is 0 Å². The third-order valence-electron chi connectivity index (χ3n) is 2.89. The van der Waals surface area contributed by atoms with Gasteiger partial charge in [0, 0.05) is 30.2 Å². The number of nitrogens with zero attached hydrogens (tertiary/aromatic N) is 1. The predicted molar refractivity (Wildman–Crippen MR) is 82.8 cm³/mol. The van der Waals surface area contributed by atoms with Crippen LogP contribution in [0.3, 0.4) is 0 Å². The number of aryl methyl sites for hydroxylation is 1. The molecule has 0 bridgehead atoms. The Bertz CT molecular complexity index is 472. The highest BCUT2D eigenvalue weighted by Crippen LogP contribution is 2.29. The largest absolute Gasteiger partial charge is 0.475 e. The smallest absolute Gasteiger partial charge is 0.184 e. The Kier molecular flexibility index (Phi) is 7.60. The number of hydrogen-bond acceptors (Lipinski definition) is 4. The fraction of sp³-hybridized carbons (Fsp3) is 0.533. The van der Waals surface area contributed by atoms with E-state index in [0.717, 1.165) is 27.9 Å². The van der Waals surface area contributed by atoms with Gasteiger partial charge >= 0.3 is 0 Å². The molecule has 0 fully saturated rings. The van der Waals surface area contributed by atoms with Gasteiger partial charge < -0.3 is 14.8 Å². The first-order valence-electron chi connectivity index (χ1n) is 6.67. The van der Waals surface area contributed by atoms with Crippen LogP contribution >= 0.6 is 15.9 Å². The lowest BCUT2D eigenvalue weighted by Crippen LogP contribution is -2.20. The van der Waals surface area contributed by atoms with Crippen LogP contribution in [0.1, 0.15) is 24.5 Å². The highest BCUT2D eigenvalue weighted by molar-refractivity contribution is 9.10. The lowest BCUT2D eigenvalue weighted by molar-refractivity contribution is 0.198. The number of rotatable bonds is 8. The van der Waals surface area contributed by atoms with E-state index in [0.29, 0.717) is 19.6 Å². The average Bonchev–Trinajstić information content (AvgIpc) is 2.43. The van der Waals surface area contributed by atoms with Crippen molar-refractivity contribution in [1.82, 2.24) is 5.32 Å². The van der Waals surface area contributed by atoms with Gasteiger partial charge in [-0.1, -0.05) is 22.9 Å². The van der Waals surface area contributed by atoms with Crippen molar-refractivity contribution in [3.63, 3.8) is 0 Å². The lowest BCUT2D eigenvalue weighted by atomic mass is 10.1. The molecule has 0 heterocycles. The Morgan fingerprint density at radius 3 is 2.80 bits per heavy atom. The van der Waals surface area contributed by atoms with Gasteiger partial charge in [0.25, 0.3) is 0 Å². The second kappa shape index (κ2) is 8.96. The van der Waals surface area contributed by atoms with E-state index in [1.807, 2.05) is 26.0 Å². The van der Waals surface area contributed by atoms with Gasteiger partial charge in [-0.15, -0.1) is 0 Å². The Morgan fingerprint density at radius 2 is 2.20 bits per heavy atom. The Morgan fingerprint density at radius 1 is 1.45 bits per heavy atom. The molecule has 1 aromatic carbocycles. The zero-order valence-corrected chi connectivity index (χ0v) is 13.8. The first kappa shape index (κ1) is 17.0. The van der Waals surface area contributed by atoms with Crippen molar-refractivity contribution in [2.75, 3.05) is 20.3 Å². The van der Waals surface area contributed by atoms with E-state index >= 15 is 0 Å². The minimum Gasteiger partial charge on any atom is -0.475 e. The van der Waals surface area contributed by atoms with E-state index in [9.17, 15) is 0 Å². The zero-order chi connectivity index (χ0) is 15.0. The highest BCUT2D eigenvalue weighted by Gasteiger charge is 2.13. The molecule has 0 amide bonds. The maximum Gasteiger partial charge on any atom is 0.184 e. The summed E-state index contributed by atoms with van der Waals surface area (Å²) in [5.41, 5.74) is 2.07. The summed E-state index contributed by atoms with van der Waals surface area (Å²) in [5, 5.41) is 12.4. The Hall–Kier alpha value is -1.09. The predicted octanol–water partition coefficient (Wildman–Crippen LogP) is 3.17. The number of nitrogens with one attached hydrogen (secondary N) is 1. The monoisotopic (exact) mass is 340 g/mol.